The third-order valence-electron chi connectivity index (χ3n) is 1.79. The lowest BCUT2D eigenvalue weighted by atomic mass is 10.0. The van der Waals surface area contributed by atoms with Crippen LogP contribution in [0.5, 0.6) is 0 Å². The second-order valence-electron chi connectivity index (χ2n) is 2.85. The number of aliphatic hydroxyl groups is 1. The fourth-order valence-corrected chi connectivity index (χ4v) is 1.18. The summed E-state index contributed by atoms with van der Waals surface area (Å²) in [6.45, 7) is 0. The third kappa shape index (κ3) is 2.78. The molecule has 0 saturated heterocycles. The molecule has 0 fully saturated rings. The van der Waals surface area contributed by atoms with Crippen LogP contribution in [0.25, 0.3) is 0 Å². The lowest BCUT2D eigenvalue weighted by molar-refractivity contribution is -0.136. The highest BCUT2D eigenvalue weighted by Gasteiger charge is 2.05. The van der Waals surface area contributed by atoms with Crippen molar-refractivity contribution in [2.24, 2.45) is 0 Å². The van der Waals surface area contributed by atoms with Crippen molar-refractivity contribution in [2.45, 2.75) is 25.7 Å². The summed E-state index contributed by atoms with van der Waals surface area (Å²) in [5.41, 5.74) is 0.932. The first-order valence-electron chi connectivity index (χ1n) is 3.99. The average Bonchev–Trinajstić information content (AvgIpc) is 2.01. The Labute approximate surface area is 71.0 Å². The van der Waals surface area contributed by atoms with E-state index in [1.807, 2.05) is 6.08 Å². The molecule has 0 aromatic rings. The molecule has 2 N–H and O–H groups in total. The second-order valence-corrected chi connectivity index (χ2v) is 2.85. The van der Waals surface area contributed by atoms with Gasteiger partial charge >= 0.3 is 5.97 Å². The van der Waals surface area contributed by atoms with Gasteiger partial charge in [-0.1, -0.05) is 6.08 Å². The van der Waals surface area contributed by atoms with Crippen LogP contribution in [0.15, 0.2) is 23.5 Å². The Hall–Kier alpha value is -1.25. The first-order chi connectivity index (χ1) is 5.68. The number of carboxylic acids is 1. The van der Waals surface area contributed by atoms with E-state index in [2.05, 4.69) is 0 Å². The molecule has 0 aliphatic heterocycles. The Morgan fingerprint density at radius 2 is 2.33 bits per heavy atom. The van der Waals surface area contributed by atoms with Gasteiger partial charge in [0.05, 0.1) is 5.76 Å². The second kappa shape index (κ2) is 3.95. The minimum Gasteiger partial charge on any atom is -0.512 e. The van der Waals surface area contributed by atoms with Gasteiger partial charge in [-0.15, -0.1) is 0 Å². The van der Waals surface area contributed by atoms with E-state index in [9.17, 15) is 4.79 Å². The molecule has 1 aliphatic rings. The molecule has 1 rings (SSSR count). The van der Waals surface area contributed by atoms with Crippen LogP contribution >= 0.6 is 0 Å². The largest absolute Gasteiger partial charge is 0.512 e. The number of aliphatic hydroxyl groups excluding tert-OH is 1. The van der Waals surface area contributed by atoms with Crippen LogP contribution in [0.3, 0.4) is 0 Å². The van der Waals surface area contributed by atoms with E-state index >= 15 is 0 Å². The van der Waals surface area contributed by atoms with Crippen LogP contribution in [-0.2, 0) is 4.79 Å². The van der Waals surface area contributed by atoms with Crippen molar-refractivity contribution in [3.8, 4) is 0 Å². The Morgan fingerprint density at radius 1 is 1.58 bits per heavy atom. The molecule has 0 radical (unpaired) electrons. The summed E-state index contributed by atoms with van der Waals surface area (Å²) in [6.07, 6.45) is 5.78. The van der Waals surface area contributed by atoms with Crippen molar-refractivity contribution >= 4 is 5.97 Å². The predicted octanol–water partition coefficient (Wildman–Crippen LogP) is 2.01. The van der Waals surface area contributed by atoms with Gasteiger partial charge in [0.1, 0.15) is 0 Å². The Kier molecular flexibility index (Phi) is 2.91. The molecule has 66 valence electrons. The van der Waals surface area contributed by atoms with Gasteiger partial charge in [-0.2, -0.15) is 0 Å². The SMILES string of the molecule is O=C(O)CCC1=CCCC(O)=C1. The maximum Gasteiger partial charge on any atom is 0.303 e. The van der Waals surface area contributed by atoms with E-state index in [4.69, 9.17) is 10.2 Å². The van der Waals surface area contributed by atoms with E-state index in [0.717, 1.165) is 12.0 Å². The van der Waals surface area contributed by atoms with Gasteiger partial charge in [-0.3, -0.25) is 4.79 Å². The van der Waals surface area contributed by atoms with E-state index in [1.54, 1.807) is 6.08 Å². The minimum absolute atomic E-state index is 0.135. The molecule has 12 heavy (non-hydrogen) atoms. The van der Waals surface area contributed by atoms with Gasteiger partial charge < -0.3 is 10.2 Å². The molecule has 0 heterocycles. The van der Waals surface area contributed by atoms with Gasteiger partial charge in [-0.05, 0) is 24.5 Å². The summed E-state index contributed by atoms with van der Waals surface area (Å²) in [5, 5.41) is 17.5. The smallest absolute Gasteiger partial charge is 0.303 e. The van der Waals surface area contributed by atoms with E-state index in [0.29, 0.717) is 18.6 Å². The van der Waals surface area contributed by atoms with Gasteiger partial charge in [0.2, 0.25) is 0 Å². The number of carboxylic acid groups (broad SMARTS) is 1. The molecule has 3 heteroatoms. The summed E-state index contributed by atoms with van der Waals surface area (Å²) in [4.78, 5) is 10.2. The number of allylic oxidation sites excluding steroid dienone is 4. The highest BCUT2D eigenvalue weighted by Crippen LogP contribution is 2.18. The topological polar surface area (TPSA) is 57.5 Å². The summed E-state index contributed by atoms with van der Waals surface area (Å²) < 4.78 is 0. The van der Waals surface area contributed by atoms with Crippen LogP contribution in [0, 0.1) is 0 Å². The van der Waals surface area contributed by atoms with Gasteiger partial charge in [-0.25, -0.2) is 0 Å². The van der Waals surface area contributed by atoms with Crippen LogP contribution in [-0.4, -0.2) is 16.2 Å². The van der Waals surface area contributed by atoms with Crippen molar-refractivity contribution in [1.82, 2.24) is 0 Å². The highest BCUT2D eigenvalue weighted by molar-refractivity contribution is 5.67. The number of aliphatic carboxylic acids is 1. The van der Waals surface area contributed by atoms with Crippen molar-refractivity contribution in [3.63, 3.8) is 0 Å². The molecule has 0 saturated carbocycles. The molecule has 3 nitrogen and oxygen atoms in total. The summed E-state index contributed by atoms with van der Waals surface area (Å²) in [6, 6.07) is 0. The van der Waals surface area contributed by atoms with E-state index in [1.165, 1.54) is 0 Å². The third-order valence-corrected chi connectivity index (χ3v) is 1.79. The normalized spacial score (nSPS) is 16.7. The van der Waals surface area contributed by atoms with E-state index < -0.39 is 5.97 Å². The molecular formula is C9H12O3. The fraction of sp³-hybridized carbons (Fsp3) is 0.444. The van der Waals surface area contributed by atoms with Gasteiger partial charge in [0, 0.05) is 12.8 Å². The zero-order valence-electron chi connectivity index (χ0n) is 6.79. The monoisotopic (exact) mass is 168 g/mol. The fourth-order valence-electron chi connectivity index (χ4n) is 1.18. The number of hydrogen-bond acceptors (Lipinski definition) is 2. The number of rotatable bonds is 3. The van der Waals surface area contributed by atoms with Crippen molar-refractivity contribution < 1.29 is 15.0 Å². The zero-order valence-corrected chi connectivity index (χ0v) is 6.79. The van der Waals surface area contributed by atoms with Crippen molar-refractivity contribution in [2.75, 3.05) is 0 Å². The van der Waals surface area contributed by atoms with Gasteiger partial charge in [0.25, 0.3) is 0 Å². The zero-order chi connectivity index (χ0) is 8.97. The Morgan fingerprint density at radius 3 is 2.92 bits per heavy atom. The molecule has 0 spiro atoms. The summed E-state index contributed by atoms with van der Waals surface area (Å²) >= 11 is 0. The lowest BCUT2D eigenvalue weighted by Gasteiger charge is -2.07. The predicted molar refractivity (Wildman–Crippen MR) is 44.9 cm³/mol. The minimum atomic E-state index is -0.797. The Balaban J connectivity index is 2.42. The summed E-state index contributed by atoms with van der Waals surface area (Å²) in [7, 11) is 0. The lowest BCUT2D eigenvalue weighted by Crippen LogP contribution is -1.97. The molecule has 0 aromatic heterocycles. The first kappa shape index (κ1) is 8.84. The maximum atomic E-state index is 10.2. The number of hydrogen-bond donors (Lipinski definition) is 2. The van der Waals surface area contributed by atoms with Crippen LogP contribution < -0.4 is 0 Å². The van der Waals surface area contributed by atoms with Crippen LogP contribution in [0.1, 0.15) is 25.7 Å². The van der Waals surface area contributed by atoms with Crippen molar-refractivity contribution in [3.05, 3.63) is 23.5 Å². The molecule has 1 aliphatic carbocycles. The quantitative estimate of drug-likeness (QED) is 0.677. The van der Waals surface area contributed by atoms with Crippen LogP contribution in [0.2, 0.25) is 0 Å². The summed E-state index contributed by atoms with van der Waals surface area (Å²) in [5.74, 6) is -0.438. The molecule has 0 bridgehead atoms. The van der Waals surface area contributed by atoms with Crippen molar-refractivity contribution in [1.29, 1.82) is 0 Å². The average molecular weight is 168 g/mol. The molecule has 0 atom stereocenters. The van der Waals surface area contributed by atoms with E-state index in [-0.39, 0.29) is 6.42 Å². The standard InChI is InChI=1S/C9H12O3/c10-8-3-1-2-7(6-8)4-5-9(11)12/h2,6,10H,1,3-5H2,(H,11,12). The first-order valence-corrected chi connectivity index (χ1v) is 3.99. The Bertz CT molecular complexity index is 238. The number of carbonyl (C=O) groups is 1. The highest BCUT2D eigenvalue weighted by atomic mass is 16.4. The van der Waals surface area contributed by atoms with Gasteiger partial charge in [0.15, 0.2) is 0 Å². The maximum absolute atomic E-state index is 10.2. The van der Waals surface area contributed by atoms with Crippen LogP contribution in [0.4, 0.5) is 0 Å². The molecule has 0 amide bonds. The molecule has 0 unspecified atom stereocenters. The molecule has 0 aromatic carbocycles. The molecular weight excluding hydrogens is 156 g/mol.